The lowest BCUT2D eigenvalue weighted by Crippen LogP contribution is -2.26. The summed E-state index contributed by atoms with van der Waals surface area (Å²) in [6.07, 6.45) is -3.76. The van der Waals surface area contributed by atoms with Crippen molar-refractivity contribution in [3.8, 4) is 23.3 Å². The van der Waals surface area contributed by atoms with E-state index in [1.54, 1.807) is 12.1 Å². The lowest BCUT2D eigenvalue weighted by Gasteiger charge is -2.09. The van der Waals surface area contributed by atoms with E-state index in [1.807, 2.05) is 6.07 Å². The maximum Gasteiger partial charge on any atom is 0.586 e. The van der Waals surface area contributed by atoms with E-state index in [-0.39, 0.29) is 28.5 Å². The molecule has 1 N–H and O–H groups in total. The van der Waals surface area contributed by atoms with Crippen LogP contribution in [-0.4, -0.2) is 31.4 Å². The van der Waals surface area contributed by atoms with E-state index in [4.69, 9.17) is 14.7 Å². The smallest absolute Gasteiger partial charge is 0.481 e. The van der Waals surface area contributed by atoms with Crippen molar-refractivity contribution in [3.63, 3.8) is 0 Å². The summed E-state index contributed by atoms with van der Waals surface area (Å²) in [4.78, 5) is 23.5. The van der Waals surface area contributed by atoms with E-state index < -0.39 is 31.4 Å². The second-order valence-electron chi connectivity index (χ2n) is 5.43. The minimum absolute atomic E-state index is 0.153. The lowest BCUT2D eigenvalue weighted by atomic mass is 10.2. The molecule has 28 heavy (non-hydrogen) atoms. The number of carbonyl (C=O) groups excluding carboxylic acids is 2. The average molecular weight is 390 g/mol. The van der Waals surface area contributed by atoms with Gasteiger partial charge in [-0.2, -0.15) is 5.26 Å². The van der Waals surface area contributed by atoms with Crippen LogP contribution in [0.25, 0.3) is 0 Å². The number of carbonyl (C=O) groups is 2. The first-order chi connectivity index (χ1) is 13.4. The molecular formula is C18H12F2N2O6. The fraction of sp³-hybridized carbons (Fsp3) is 0.167. The summed E-state index contributed by atoms with van der Waals surface area (Å²) in [6, 6.07) is 11.9. The topological polar surface area (TPSA) is 107 Å². The predicted molar refractivity (Wildman–Crippen MR) is 88.9 cm³/mol. The molecule has 0 bridgehead atoms. The quantitative estimate of drug-likeness (QED) is 0.755. The van der Waals surface area contributed by atoms with Gasteiger partial charge in [-0.1, -0.05) is 12.1 Å². The van der Waals surface area contributed by atoms with E-state index in [2.05, 4.69) is 14.8 Å². The molecule has 0 fully saturated rings. The molecular weight excluding hydrogens is 378 g/mol. The van der Waals surface area contributed by atoms with E-state index in [9.17, 15) is 18.4 Å². The Morgan fingerprint density at radius 1 is 1.11 bits per heavy atom. The lowest BCUT2D eigenvalue weighted by molar-refractivity contribution is -0.286. The number of fused-ring (bicyclic) bond motifs is 1. The van der Waals surface area contributed by atoms with Gasteiger partial charge in [0.25, 0.3) is 5.91 Å². The van der Waals surface area contributed by atoms with Crippen molar-refractivity contribution < 1.29 is 37.3 Å². The minimum Gasteiger partial charge on any atom is -0.481 e. The number of hydrogen-bond donors (Lipinski definition) is 1. The van der Waals surface area contributed by atoms with Crippen LogP contribution in [0.3, 0.4) is 0 Å². The Labute approximate surface area is 157 Å². The van der Waals surface area contributed by atoms with Crippen LogP contribution in [0.2, 0.25) is 0 Å². The number of ether oxygens (including phenoxy) is 4. The van der Waals surface area contributed by atoms with Crippen molar-refractivity contribution in [1.29, 1.82) is 5.26 Å². The second kappa shape index (κ2) is 7.79. The van der Waals surface area contributed by atoms with E-state index >= 15 is 0 Å². The van der Waals surface area contributed by atoms with Crippen LogP contribution in [0.15, 0.2) is 42.5 Å². The molecule has 3 rings (SSSR count). The Kier molecular flexibility index (Phi) is 5.26. The van der Waals surface area contributed by atoms with E-state index in [0.717, 1.165) is 6.07 Å². The summed E-state index contributed by atoms with van der Waals surface area (Å²) >= 11 is 0. The Bertz CT molecular complexity index is 957. The Morgan fingerprint density at radius 2 is 1.86 bits per heavy atom. The van der Waals surface area contributed by atoms with Gasteiger partial charge in [-0.3, -0.25) is 4.79 Å². The molecule has 0 saturated carbocycles. The highest BCUT2D eigenvalue weighted by Gasteiger charge is 2.43. The van der Waals surface area contributed by atoms with Crippen molar-refractivity contribution in [2.75, 3.05) is 18.5 Å². The van der Waals surface area contributed by atoms with Gasteiger partial charge in [-0.25, -0.2) is 4.79 Å². The molecule has 8 nitrogen and oxygen atoms in total. The van der Waals surface area contributed by atoms with Gasteiger partial charge in [0.15, 0.2) is 24.7 Å². The maximum atomic E-state index is 13.0. The molecule has 2 aromatic rings. The highest BCUT2D eigenvalue weighted by Crippen LogP contribution is 2.42. The molecule has 144 valence electrons. The van der Waals surface area contributed by atoms with Crippen LogP contribution in [0.4, 0.5) is 14.5 Å². The molecule has 0 atom stereocenters. The molecule has 0 spiro atoms. The normalized spacial score (nSPS) is 13.3. The maximum absolute atomic E-state index is 13.0. The first-order valence-corrected chi connectivity index (χ1v) is 7.83. The van der Waals surface area contributed by atoms with Crippen LogP contribution in [0, 0.1) is 11.3 Å². The average Bonchev–Trinajstić information content (AvgIpc) is 2.98. The molecule has 1 aliphatic heterocycles. The molecule has 2 aromatic carbocycles. The molecule has 0 unspecified atom stereocenters. The summed E-state index contributed by atoms with van der Waals surface area (Å²) in [7, 11) is 0. The first-order valence-electron chi connectivity index (χ1n) is 7.83. The number of amides is 1. The van der Waals surface area contributed by atoms with E-state index in [1.165, 1.54) is 24.3 Å². The number of esters is 1. The van der Waals surface area contributed by atoms with Crippen LogP contribution < -0.4 is 19.5 Å². The summed E-state index contributed by atoms with van der Waals surface area (Å²) < 4.78 is 44.4. The molecule has 0 radical (unpaired) electrons. The number of para-hydroxylation sites is 1. The third-order valence-electron chi connectivity index (χ3n) is 3.40. The van der Waals surface area contributed by atoms with Crippen molar-refractivity contribution >= 4 is 17.6 Å². The monoisotopic (exact) mass is 390 g/mol. The zero-order valence-electron chi connectivity index (χ0n) is 14.1. The van der Waals surface area contributed by atoms with Gasteiger partial charge in [-0.05, 0) is 24.3 Å². The first kappa shape index (κ1) is 18.9. The van der Waals surface area contributed by atoms with Gasteiger partial charge in [0, 0.05) is 11.8 Å². The highest BCUT2D eigenvalue weighted by molar-refractivity contribution is 5.93. The predicted octanol–water partition coefficient (Wildman–Crippen LogP) is 2.44. The van der Waals surface area contributed by atoms with Gasteiger partial charge >= 0.3 is 12.3 Å². The zero-order valence-corrected chi connectivity index (χ0v) is 14.1. The summed E-state index contributed by atoms with van der Waals surface area (Å²) in [5.41, 5.74) is 0.404. The number of rotatable bonds is 6. The van der Waals surface area contributed by atoms with Gasteiger partial charge in [0.05, 0.1) is 5.56 Å². The fourth-order valence-corrected chi connectivity index (χ4v) is 2.23. The van der Waals surface area contributed by atoms with Crippen molar-refractivity contribution in [2.24, 2.45) is 0 Å². The van der Waals surface area contributed by atoms with Gasteiger partial charge in [0.1, 0.15) is 11.8 Å². The molecule has 0 aromatic heterocycles. The van der Waals surface area contributed by atoms with Crippen LogP contribution >= 0.6 is 0 Å². The van der Waals surface area contributed by atoms with Gasteiger partial charge in [0.2, 0.25) is 0 Å². The number of benzene rings is 2. The number of hydrogen-bond acceptors (Lipinski definition) is 7. The second-order valence-corrected chi connectivity index (χ2v) is 5.43. The largest absolute Gasteiger partial charge is 0.586 e. The van der Waals surface area contributed by atoms with Crippen LogP contribution in [-0.2, 0) is 14.3 Å². The number of halogens is 2. The number of alkyl halides is 2. The standard InChI is InChI=1S/C18H12F2N2O6/c19-18(20)27-14-6-5-12(7-15(14)28-18)22-16(23)9-26-17(24)10-25-13-4-2-1-3-11(13)8-21/h1-7H,9-10H2,(H,22,23). The minimum atomic E-state index is -3.76. The Balaban J connectivity index is 1.46. The van der Waals surface area contributed by atoms with Gasteiger partial charge < -0.3 is 24.3 Å². The number of anilines is 1. The summed E-state index contributed by atoms with van der Waals surface area (Å²) in [5, 5.41) is 11.3. The Hall–Kier alpha value is -3.87. The van der Waals surface area contributed by atoms with Crippen LogP contribution in [0.5, 0.6) is 17.2 Å². The zero-order chi connectivity index (χ0) is 20.1. The molecule has 1 aliphatic rings. The van der Waals surface area contributed by atoms with Gasteiger partial charge in [-0.15, -0.1) is 8.78 Å². The summed E-state index contributed by atoms with van der Waals surface area (Å²) in [5.74, 6) is -1.71. The highest BCUT2D eigenvalue weighted by atomic mass is 19.3. The molecule has 10 heteroatoms. The fourth-order valence-electron chi connectivity index (χ4n) is 2.23. The number of nitriles is 1. The Morgan fingerprint density at radius 3 is 2.64 bits per heavy atom. The molecule has 1 heterocycles. The van der Waals surface area contributed by atoms with Crippen molar-refractivity contribution in [3.05, 3.63) is 48.0 Å². The summed E-state index contributed by atoms with van der Waals surface area (Å²) in [6.45, 7) is -1.11. The third kappa shape index (κ3) is 4.64. The number of nitrogens with zero attached hydrogens (tertiary/aromatic N) is 1. The molecule has 1 amide bonds. The van der Waals surface area contributed by atoms with E-state index in [0.29, 0.717) is 0 Å². The van der Waals surface area contributed by atoms with Crippen LogP contribution in [0.1, 0.15) is 5.56 Å². The SMILES string of the molecule is N#Cc1ccccc1OCC(=O)OCC(=O)Nc1ccc2c(c1)OC(F)(F)O2. The molecule has 0 saturated heterocycles. The van der Waals surface area contributed by atoms with Crippen molar-refractivity contribution in [1.82, 2.24) is 0 Å². The third-order valence-corrected chi connectivity index (χ3v) is 3.40. The van der Waals surface area contributed by atoms with Crippen molar-refractivity contribution in [2.45, 2.75) is 6.29 Å². The molecule has 0 aliphatic carbocycles. The number of nitrogens with one attached hydrogen (secondary N) is 1.